The Morgan fingerprint density at radius 2 is 1.86 bits per heavy atom. The lowest BCUT2D eigenvalue weighted by Gasteiger charge is -2.28. The Kier molecular flexibility index (Phi) is 5.33. The molecule has 4 rings (SSSR count). The van der Waals surface area contributed by atoms with Crippen molar-refractivity contribution in [1.82, 2.24) is 9.80 Å². The minimum atomic E-state index is -0.241. The molecule has 5 heteroatoms. The van der Waals surface area contributed by atoms with Gasteiger partial charge in [-0.1, -0.05) is 42.5 Å². The predicted octanol–water partition coefficient (Wildman–Crippen LogP) is 3.41. The van der Waals surface area contributed by atoms with E-state index >= 15 is 0 Å². The summed E-state index contributed by atoms with van der Waals surface area (Å²) in [6.45, 7) is 1.85. The van der Waals surface area contributed by atoms with Crippen LogP contribution in [0, 0.1) is 5.92 Å². The highest BCUT2D eigenvalue weighted by molar-refractivity contribution is 5.89. The highest BCUT2D eigenvalue weighted by Gasteiger charge is 2.40. The third kappa shape index (κ3) is 3.75. The first-order chi connectivity index (χ1) is 13.7. The molecule has 5 nitrogen and oxygen atoms in total. The molecule has 0 aliphatic carbocycles. The van der Waals surface area contributed by atoms with Crippen LogP contribution >= 0.6 is 0 Å². The molecule has 2 fully saturated rings. The summed E-state index contributed by atoms with van der Waals surface area (Å²) in [6.07, 6.45) is 2.28. The molecule has 0 spiro atoms. The Morgan fingerprint density at radius 3 is 2.57 bits per heavy atom. The van der Waals surface area contributed by atoms with Crippen LogP contribution in [0.3, 0.4) is 0 Å². The van der Waals surface area contributed by atoms with E-state index in [1.807, 2.05) is 64.4 Å². The fraction of sp³-hybridized carbons (Fsp3) is 0.391. The third-order valence-corrected chi connectivity index (χ3v) is 5.82. The summed E-state index contributed by atoms with van der Waals surface area (Å²) >= 11 is 0. The Labute approximate surface area is 165 Å². The highest BCUT2D eigenvalue weighted by atomic mass is 16.5. The van der Waals surface area contributed by atoms with Crippen LogP contribution < -0.4 is 4.74 Å². The van der Waals surface area contributed by atoms with Gasteiger partial charge >= 0.3 is 0 Å². The molecule has 2 aromatic rings. The molecule has 2 atom stereocenters. The van der Waals surface area contributed by atoms with Gasteiger partial charge in [0.2, 0.25) is 11.8 Å². The second-order valence-electron chi connectivity index (χ2n) is 7.62. The molecule has 0 N–H and O–H groups in total. The maximum Gasteiger partial charge on any atom is 0.228 e. The molecule has 2 saturated heterocycles. The summed E-state index contributed by atoms with van der Waals surface area (Å²) in [4.78, 5) is 29.5. The van der Waals surface area contributed by atoms with Crippen molar-refractivity contribution in [3.8, 4) is 5.75 Å². The fourth-order valence-corrected chi connectivity index (χ4v) is 4.33. The lowest BCUT2D eigenvalue weighted by Crippen LogP contribution is -2.37. The monoisotopic (exact) mass is 378 g/mol. The van der Waals surface area contributed by atoms with Crippen molar-refractivity contribution >= 4 is 11.8 Å². The number of carbonyl (C=O) groups excluding carboxylic acids is 2. The van der Waals surface area contributed by atoms with Crippen LogP contribution in [0.15, 0.2) is 54.6 Å². The van der Waals surface area contributed by atoms with E-state index in [0.29, 0.717) is 19.5 Å². The van der Waals surface area contributed by atoms with Gasteiger partial charge in [-0.05, 0) is 36.1 Å². The van der Waals surface area contributed by atoms with E-state index in [2.05, 4.69) is 0 Å². The van der Waals surface area contributed by atoms with Gasteiger partial charge in [0.15, 0.2) is 0 Å². The molecule has 2 aromatic carbocycles. The fourth-order valence-electron chi connectivity index (χ4n) is 4.33. The van der Waals surface area contributed by atoms with E-state index in [9.17, 15) is 9.59 Å². The highest BCUT2D eigenvalue weighted by Crippen LogP contribution is 2.35. The Bertz CT molecular complexity index is 835. The van der Waals surface area contributed by atoms with E-state index in [4.69, 9.17) is 4.74 Å². The lowest BCUT2D eigenvalue weighted by molar-refractivity contribution is -0.136. The number of amides is 2. The zero-order valence-electron chi connectivity index (χ0n) is 16.2. The Balaban J connectivity index is 1.43. The van der Waals surface area contributed by atoms with Gasteiger partial charge in [0, 0.05) is 26.1 Å². The van der Waals surface area contributed by atoms with Crippen molar-refractivity contribution in [2.45, 2.75) is 31.8 Å². The number of hydrogen-bond donors (Lipinski definition) is 0. The maximum atomic E-state index is 13.2. The van der Waals surface area contributed by atoms with Crippen molar-refractivity contribution in [2.24, 2.45) is 5.92 Å². The van der Waals surface area contributed by atoms with Crippen LogP contribution in [0.4, 0.5) is 0 Å². The molecule has 2 aliphatic rings. The van der Waals surface area contributed by atoms with Crippen molar-refractivity contribution in [3.05, 3.63) is 65.7 Å². The molecule has 28 heavy (non-hydrogen) atoms. The van der Waals surface area contributed by atoms with Crippen LogP contribution in [0.25, 0.3) is 0 Å². The lowest BCUT2D eigenvalue weighted by atomic mass is 10.0. The van der Waals surface area contributed by atoms with Crippen molar-refractivity contribution in [2.75, 3.05) is 20.2 Å². The number of hydrogen-bond acceptors (Lipinski definition) is 3. The van der Waals surface area contributed by atoms with Crippen molar-refractivity contribution in [1.29, 1.82) is 0 Å². The van der Waals surface area contributed by atoms with E-state index in [-0.39, 0.29) is 23.8 Å². The normalized spacial score (nSPS) is 22.0. The first kappa shape index (κ1) is 18.5. The van der Waals surface area contributed by atoms with Crippen LogP contribution in [-0.4, -0.2) is 41.8 Å². The quantitative estimate of drug-likeness (QED) is 0.801. The van der Waals surface area contributed by atoms with Crippen LogP contribution in [-0.2, 0) is 16.1 Å². The molecule has 146 valence electrons. The van der Waals surface area contributed by atoms with Gasteiger partial charge < -0.3 is 14.5 Å². The number of likely N-dealkylation sites (tertiary alicyclic amines) is 2. The molecule has 0 saturated carbocycles. The number of carbonyl (C=O) groups is 2. The molecule has 0 radical (unpaired) electrons. The SMILES string of the molecule is COc1ccc(C2CCCN2C(=O)C2CC(=O)N(Cc3ccccc3)C2)cc1. The van der Waals surface area contributed by atoms with Gasteiger partial charge in [-0.2, -0.15) is 0 Å². The summed E-state index contributed by atoms with van der Waals surface area (Å²) in [5.74, 6) is 0.761. The number of rotatable bonds is 5. The average Bonchev–Trinajstić information content (AvgIpc) is 3.36. The zero-order valence-corrected chi connectivity index (χ0v) is 16.2. The average molecular weight is 378 g/mol. The maximum absolute atomic E-state index is 13.2. The van der Waals surface area contributed by atoms with Gasteiger partial charge in [-0.25, -0.2) is 0 Å². The van der Waals surface area contributed by atoms with Crippen molar-refractivity contribution in [3.63, 3.8) is 0 Å². The van der Waals surface area contributed by atoms with Gasteiger partial charge in [-0.15, -0.1) is 0 Å². The standard InChI is InChI=1S/C23H26N2O3/c1-28-20-11-9-18(10-12-20)21-8-5-13-25(21)23(27)19-14-22(26)24(16-19)15-17-6-3-2-4-7-17/h2-4,6-7,9-12,19,21H,5,8,13-16H2,1H3. The first-order valence-corrected chi connectivity index (χ1v) is 9.92. The zero-order chi connectivity index (χ0) is 19.5. The molecule has 2 aliphatic heterocycles. The molecular weight excluding hydrogens is 352 g/mol. The van der Waals surface area contributed by atoms with Crippen LogP contribution in [0.5, 0.6) is 5.75 Å². The van der Waals surface area contributed by atoms with Crippen LogP contribution in [0.1, 0.15) is 36.4 Å². The minimum absolute atomic E-state index is 0.0717. The Hall–Kier alpha value is -2.82. The van der Waals surface area contributed by atoms with Crippen LogP contribution in [0.2, 0.25) is 0 Å². The minimum Gasteiger partial charge on any atom is -0.497 e. The van der Waals surface area contributed by atoms with Gasteiger partial charge in [0.05, 0.1) is 19.1 Å². The number of ether oxygens (including phenoxy) is 1. The predicted molar refractivity (Wildman–Crippen MR) is 107 cm³/mol. The Morgan fingerprint density at radius 1 is 1.11 bits per heavy atom. The second-order valence-corrected chi connectivity index (χ2v) is 7.62. The summed E-state index contributed by atoms with van der Waals surface area (Å²) in [7, 11) is 1.65. The van der Waals surface area contributed by atoms with Gasteiger partial charge in [0.25, 0.3) is 0 Å². The van der Waals surface area contributed by atoms with Crippen molar-refractivity contribution < 1.29 is 14.3 Å². The first-order valence-electron chi connectivity index (χ1n) is 9.92. The van der Waals surface area contributed by atoms with E-state index in [0.717, 1.165) is 36.3 Å². The number of methoxy groups -OCH3 is 1. The molecular formula is C23H26N2O3. The smallest absolute Gasteiger partial charge is 0.228 e. The summed E-state index contributed by atoms with van der Waals surface area (Å²) < 4.78 is 5.24. The van der Waals surface area contributed by atoms with Gasteiger partial charge in [0.1, 0.15) is 5.75 Å². The van der Waals surface area contributed by atoms with Gasteiger partial charge in [-0.3, -0.25) is 9.59 Å². The molecule has 0 bridgehead atoms. The van der Waals surface area contributed by atoms with E-state index in [1.165, 1.54) is 0 Å². The molecule has 2 heterocycles. The third-order valence-electron chi connectivity index (χ3n) is 5.82. The van der Waals surface area contributed by atoms with E-state index < -0.39 is 0 Å². The molecule has 2 unspecified atom stereocenters. The largest absolute Gasteiger partial charge is 0.497 e. The summed E-state index contributed by atoms with van der Waals surface area (Å²) in [5.41, 5.74) is 2.23. The molecule has 0 aromatic heterocycles. The summed E-state index contributed by atoms with van der Waals surface area (Å²) in [6, 6.07) is 18.0. The summed E-state index contributed by atoms with van der Waals surface area (Å²) in [5, 5.41) is 0. The van der Waals surface area contributed by atoms with E-state index in [1.54, 1.807) is 7.11 Å². The number of benzene rings is 2. The molecule has 2 amide bonds. The second kappa shape index (κ2) is 8.05. The topological polar surface area (TPSA) is 49.9 Å². The number of nitrogens with zero attached hydrogens (tertiary/aromatic N) is 2.